The van der Waals surface area contributed by atoms with Crippen LogP contribution in [0.25, 0.3) is 5.76 Å². The zero-order chi connectivity index (χ0) is 25.9. The second kappa shape index (κ2) is 8.29. The Morgan fingerprint density at radius 3 is 2.44 bits per heavy atom. The molecule has 3 aliphatic rings. The summed E-state index contributed by atoms with van der Waals surface area (Å²) in [5.41, 5.74) is 3.31. The van der Waals surface area contributed by atoms with Gasteiger partial charge in [0.1, 0.15) is 23.2 Å². The van der Waals surface area contributed by atoms with E-state index in [1.807, 2.05) is 0 Å². The van der Waals surface area contributed by atoms with Crippen LogP contribution in [0.5, 0.6) is 5.75 Å². The number of halogens is 1. The number of carbonyl (C=O) groups is 3. The number of hydrogen-bond donors (Lipinski definition) is 5. The van der Waals surface area contributed by atoms with E-state index in [2.05, 4.69) is 11.8 Å². The lowest BCUT2D eigenvalue weighted by atomic mass is 9.56. The molecule has 5 atom stereocenters. The van der Waals surface area contributed by atoms with Crippen LogP contribution in [0.3, 0.4) is 0 Å². The van der Waals surface area contributed by atoms with Crippen molar-refractivity contribution in [1.29, 1.82) is 0 Å². The summed E-state index contributed by atoms with van der Waals surface area (Å²) in [6, 6.07) is 8.75. The van der Waals surface area contributed by atoms with Crippen LogP contribution in [0.15, 0.2) is 42.0 Å². The van der Waals surface area contributed by atoms with E-state index in [0.29, 0.717) is 11.1 Å². The van der Waals surface area contributed by atoms with Crippen LogP contribution in [0.1, 0.15) is 35.1 Å². The number of phenols is 1. The minimum Gasteiger partial charge on any atom is -0.507 e. The number of amides is 1. The Morgan fingerprint density at radius 1 is 1.06 bits per heavy atom. The highest BCUT2D eigenvalue weighted by Crippen LogP contribution is 2.51. The van der Waals surface area contributed by atoms with Crippen molar-refractivity contribution in [2.24, 2.45) is 23.5 Å². The van der Waals surface area contributed by atoms with Gasteiger partial charge in [-0.25, -0.2) is 4.39 Å². The highest BCUT2D eigenvalue weighted by atomic mass is 19.1. The number of rotatable bonds is 1. The molecule has 9 heteroatoms. The molecule has 0 bridgehead atoms. The van der Waals surface area contributed by atoms with Crippen molar-refractivity contribution >= 4 is 23.2 Å². The quantitative estimate of drug-likeness (QED) is 0.295. The number of fused-ring (bicyclic) bond motifs is 3. The third-order valence-electron chi connectivity index (χ3n) is 7.47. The van der Waals surface area contributed by atoms with E-state index >= 15 is 0 Å². The van der Waals surface area contributed by atoms with Crippen molar-refractivity contribution in [3.05, 3.63) is 70.0 Å². The SMILES string of the molecule is NC(=O)C1C(=O)[C@@]2(O)C(=O)C3=C(O)c4c(O)ccc(C#Cc5ccccc5F)c4C[C@H]3C[C@H]2CC1O. The van der Waals surface area contributed by atoms with Crippen LogP contribution >= 0.6 is 0 Å². The predicted octanol–water partition coefficient (Wildman–Crippen LogP) is 1.13. The molecule has 0 saturated heterocycles. The van der Waals surface area contributed by atoms with Gasteiger partial charge in [-0.2, -0.15) is 0 Å². The van der Waals surface area contributed by atoms with Crippen molar-refractivity contribution in [2.75, 3.05) is 0 Å². The predicted molar refractivity (Wildman–Crippen MR) is 124 cm³/mol. The highest BCUT2D eigenvalue weighted by molar-refractivity contribution is 6.24. The Bertz CT molecular complexity index is 1440. The summed E-state index contributed by atoms with van der Waals surface area (Å²) < 4.78 is 14.0. The van der Waals surface area contributed by atoms with Crippen LogP contribution in [0.4, 0.5) is 4.39 Å². The standard InChI is InChI=1S/C27H22FNO7/c28-17-4-2-1-3-13(17)6-5-12-7-8-18(30)21-16(12)10-14-9-15-11-19(31)22(26(29)35)25(34)27(15,36)24(33)20(14)23(21)32/h1-4,7-8,14-15,19,22,30-32,36H,9-11H2,(H2,29,35)/t14-,15+,19?,22?,27+/m1/s1. The molecule has 0 spiro atoms. The lowest BCUT2D eigenvalue weighted by Crippen LogP contribution is -2.66. The highest BCUT2D eigenvalue weighted by Gasteiger charge is 2.63. The maximum absolute atomic E-state index is 14.0. The number of primary amides is 1. The van der Waals surface area contributed by atoms with Gasteiger partial charge in [0.25, 0.3) is 0 Å². The molecule has 5 rings (SSSR count). The average molecular weight is 491 g/mol. The topological polar surface area (TPSA) is 158 Å². The smallest absolute Gasteiger partial charge is 0.230 e. The zero-order valence-electron chi connectivity index (χ0n) is 18.9. The number of hydrogen-bond acceptors (Lipinski definition) is 7. The molecule has 2 saturated carbocycles. The van der Waals surface area contributed by atoms with Crippen LogP contribution in [-0.2, 0) is 20.8 Å². The average Bonchev–Trinajstić information content (AvgIpc) is 2.81. The summed E-state index contributed by atoms with van der Waals surface area (Å²) in [7, 11) is 0. The molecule has 0 radical (unpaired) electrons. The van der Waals surface area contributed by atoms with Gasteiger partial charge in [0.15, 0.2) is 11.4 Å². The first-order chi connectivity index (χ1) is 17.1. The van der Waals surface area contributed by atoms with Gasteiger partial charge in [0, 0.05) is 17.1 Å². The maximum atomic E-state index is 14.0. The molecule has 184 valence electrons. The number of Topliss-reactive ketones (excluding diaryl/α,β-unsaturated/α-hetero) is 2. The van der Waals surface area contributed by atoms with Crippen LogP contribution in [0, 0.1) is 35.4 Å². The van der Waals surface area contributed by atoms with E-state index in [0.717, 1.165) is 0 Å². The van der Waals surface area contributed by atoms with Crippen molar-refractivity contribution < 1.29 is 39.2 Å². The molecular weight excluding hydrogens is 469 g/mol. The Morgan fingerprint density at radius 2 is 1.75 bits per heavy atom. The molecule has 0 aliphatic heterocycles. The summed E-state index contributed by atoms with van der Waals surface area (Å²) in [6.07, 6.45) is -1.48. The second-order valence-electron chi connectivity index (χ2n) is 9.45. The fourth-order valence-corrected chi connectivity index (χ4v) is 5.74. The molecular formula is C27H22FNO7. The normalized spacial score (nSPS) is 29.0. The summed E-state index contributed by atoms with van der Waals surface area (Å²) in [4.78, 5) is 38.3. The fourth-order valence-electron chi connectivity index (χ4n) is 5.74. The first kappa shape index (κ1) is 23.7. The number of aromatic hydroxyl groups is 1. The van der Waals surface area contributed by atoms with Crippen molar-refractivity contribution in [1.82, 2.24) is 0 Å². The van der Waals surface area contributed by atoms with Gasteiger partial charge in [-0.05, 0) is 55.0 Å². The van der Waals surface area contributed by atoms with Gasteiger partial charge < -0.3 is 26.2 Å². The molecule has 3 aliphatic carbocycles. The lowest BCUT2D eigenvalue weighted by molar-refractivity contribution is -0.174. The van der Waals surface area contributed by atoms with E-state index in [1.54, 1.807) is 6.07 Å². The lowest BCUT2D eigenvalue weighted by Gasteiger charge is -2.48. The first-order valence-electron chi connectivity index (χ1n) is 11.4. The first-order valence-corrected chi connectivity index (χ1v) is 11.4. The van der Waals surface area contributed by atoms with E-state index < -0.39 is 58.5 Å². The van der Waals surface area contributed by atoms with Gasteiger partial charge in [-0.1, -0.05) is 24.0 Å². The third-order valence-corrected chi connectivity index (χ3v) is 7.47. The Kier molecular flexibility index (Phi) is 5.47. The number of phenolic OH excluding ortho intramolecular Hbond substituents is 1. The maximum Gasteiger partial charge on any atom is 0.230 e. The largest absolute Gasteiger partial charge is 0.507 e. The van der Waals surface area contributed by atoms with E-state index in [4.69, 9.17) is 5.73 Å². The van der Waals surface area contributed by atoms with E-state index in [1.165, 1.54) is 30.3 Å². The second-order valence-corrected chi connectivity index (χ2v) is 9.45. The Hall–Kier alpha value is -4.00. The molecule has 6 N–H and O–H groups in total. The summed E-state index contributed by atoms with van der Waals surface area (Å²) in [5.74, 6) is -2.67. The Labute approximate surface area is 204 Å². The van der Waals surface area contributed by atoms with Crippen molar-refractivity contribution in [3.8, 4) is 17.6 Å². The molecule has 0 heterocycles. The molecule has 1 amide bonds. The van der Waals surface area contributed by atoms with Crippen molar-refractivity contribution in [3.63, 3.8) is 0 Å². The van der Waals surface area contributed by atoms with Gasteiger partial charge in [0.2, 0.25) is 11.7 Å². The number of ketones is 2. The molecule has 8 nitrogen and oxygen atoms in total. The van der Waals surface area contributed by atoms with Crippen molar-refractivity contribution in [2.45, 2.75) is 31.0 Å². The monoisotopic (exact) mass is 491 g/mol. The summed E-state index contributed by atoms with van der Waals surface area (Å²) >= 11 is 0. The van der Waals surface area contributed by atoms with Crippen LogP contribution < -0.4 is 5.73 Å². The number of benzene rings is 2. The van der Waals surface area contributed by atoms with E-state index in [-0.39, 0.29) is 41.7 Å². The molecule has 36 heavy (non-hydrogen) atoms. The molecule has 2 fully saturated rings. The minimum absolute atomic E-state index is 0.0468. The molecule has 0 aromatic heterocycles. The minimum atomic E-state index is -2.63. The number of aliphatic hydroxyl groups is 3. The van der Waals surface area contributed by atoms with Gasteiger partial charge in [-0.3, -0.25) is 14.4 Å². The molecule has 2 unspecified atom stereocenters. The number of aliphatic hydroxyl groups excluding tert-OH is 2. The number of nitrogens with two attached hydrogens (primary N) is 1. The zero-order valence-corrected chi connectivity index (χ0v) is 18.9. The summed E-state index contributed by atoms with van der Waals surface area (Å²) in [5, 5.41) is 43.2. The number of carbonyl (C=O) groups excluding carboxylic acids is 3. The van der Waals surface area contributed by atoms with E-state index in [9.17, 15) is 39.2 Å². The van der Waals surface area contributed by atoms with Gasteiger partial charge in [0.05, 0.1) is 17.2 Å². The van der Waals surface area contributed by atoms with Crippen LogP contribution in [-0.4, -0.2) is 49.6 Å². The Balaban J connectivity index is 1.62. The molecule has 2 aromatic rings. The van der Waals surface area contributed by atoms with Gasteiger partial charge in [-0.15, -0.1) is 0 Å². The summed E-state index contributed by atoms with van der Waals surface area (Å²) in [6.45, 7) is 0. The van der Waals surface area contributed by atoms with Gasteiger partial charge >= 0.3 is 0 Å². The van der Waals surface area contributed by atoms with Crippen LogP contribution in [0.2, 0.25) is 0 Å². The third kappa shape index (κ3) is 3.33. The molecule has 2 aromatic carbocycles. The fraction of sp³-hybridized carbons (Fsp3) is 0.296.